The van der Waals surface area contributed by atoms with Crippen LogP contribution in [0.2, 0.25) is 52.4 Å². The summed E-state index contributed by atoms with van der Waals surface area (Å²) in [6.07, 6.45) is 0. The molecule has 0 radical (unpaired) electrons. The molecule has 0 saturated carbocycles. The zero-order valence-corrected chi connectivity index (χ0v) is 20.3. The Morgan fingerprint density at radius 1 is 0.476 bits per heavy atom. The van der Waals surface area contributed by atoms with Crippen LogP contribution < -0.4 is 0 Å². The predicted octanol–water partition coefficient (Wildman–Crippen LogP) is 1.37. The van der Waals surface area contributed by atoms with Crippen LogP contribution in [0.5, 0.6) is 0 Å². The molecule has 2 aliphatic heterocycles. The van der Waals surface area contributed by atoms with Crippen molar-refractivity contribution < 1.29 is 28.8 Å². The molecule has 2 heterocycles. The maximum atomic E-state index is 6.19. The summed E-state index contributed by atoms with van der Waals surface area (Å²) in [5.41, 5.74) is 0. The molecular formula is C8H26O7Si6. The first-order chi connectivity index (χ1) is 9.28. The molecule has 0 aromatic rings. The minimum Gasteiger partial charge on any atom is -0.416 e. The fourth-order valence-electron chi connectivity index (χ4n) is 2.46. The quantitative estimate of drug-likeness (QED) is 0.567. The smallest absolute Gasteiger partial charge is 0.416 e. The van der Waals surface area contributed by atoms with E-state index in [2.05, 4.69) is 0 Å². The molecule has 21 heavy (non-hydrogen) atoms. The monoisotopic (exact) mass is 402 g/mol. The average Bonchev–Trinajstić information content (AvgIpc) is 2.04. The lowest BCUT2D eigenvalue weighted by Crippen LogP contribution is -2.65. The van der Waals surface area contributed by atoms with Crippen LogP contribution in [-0.4, -0.2) is 53.3 Å². The topological polar surface area (TPSA) is 64.6 Å². The number of fused-ring (bicyclic) bond motifs is 2. The molecule has 2 fully saturated rings. The van der Waals surface area contributed by atoms with E-state index in [1.807, 2.05) is 52.4 Å². The Morgan fingerprint density at radius 3 is 0.952 bits per heavy atom. The lowest BCUT2D eigenvalue weighted by molar-refractivity contribution is 0.147. The highest BCUT2D eigenvalue weighted by Gasteiger charge is 2.52. The van der Waals surface area contributed by atoms with Crippen LogP contribution in [0, 0.1) is 0 Å². The summed E-state index contributed by atoms with van der Waals surface area (Å²) in [6.45, 7) is 16.0. The van der Waals surface area contributed by atoms with E-state index in [1.165, 1.54) is 0 Å². The van der Waals surface area contributed by atoms with Crippen LogP contribution in [0.25, 0.3) is 0 Å². The lowest BCUT2D eigenvalue weighted by Gasteiger charge is -2.45. The van der Waals surface area contributed by atoms with Crippen LogP contribution in [0.4, 0.5) is 0 Å². The third-order valence-electron chi connectivity index (χ3n) is 2.73. The maximum Gasteiger partial charge on any atom is 0.458 e. The normalized spacial score (nSPS) is 37.7. The van der Waals surface area contributed by atoms with Gasteiger partial charge in [-0.3, -0.25) is 0 Å². The van der Waals surface area contributed by atoms with Gasteiger partial charge in [-0.15, -0.1) is 0 Å². The van der Waals surface area contributed by atoms with Gasteiger partial charge in [0.1, 0.15) is 0 Å². The van der Waals surface area contributed by atoms with Crippen molar-refractivity contribution in [3.05, 3.63) is 0 Å². The highest BCUT2D eigenvalue weighted by Crippen LogP contribution is 2.28. The molecule has 2 aliphatic rings. The second-order valence-electron chi connectivity index (χ2n) is 6.99. The fourth-order valence-corrected chi connectivity index (χ4v) is 26.7. The van der Waals surface area contributed by atoms with E-state index in [0.29, 0.717) is 0 Å². The van der Waals surface area contributed by atoms with E-state index >= 15 is 0 Å². The Morgan fingerprint density at radius 2 is 0.714 bits per heavy atom. The van der Waals surface area contributed by atoms with Gasteiger partial charge in [0.05, 0.1) is 0 Å². The van der Waals surface area contributed by atoms with Crippen molar-refractivity contribution in [1.29, 1.82) is 0 Å². The standard InChI is InChI=1S/C8H26O7Si6/c1-18(2)10-16-9-17(12-19(3,4)14-18)13-21(7,8)15-20(5,6)11-16/h16-17H,1-8H3. The highest BCUT2D eigenvalue weighted by atomic mass is 28.5. The van der Waals surface area contributed by atoms with Crippen molar-refractivity contribution in [1.82, 2.24) is 0 Å². The third-order valence-corrected chi connectivity index (χ3v) is 24.5. The van der Waals surface area contributed by atoms with Crippen molar-refractivity contribution in [2.45, 2.75) is 52.4 Å². The van der Waals surface area contributed by atoms with Crippen LogP contribution in [0.1, 0.15) is 0 Å². The molecule has 2 saturated heterocycles. The van der Waals surface area contributed by atoms with E-state index in [0.717, 1.165) is 0 Å². The van der Waals surface area contributed by atoms with Crippen molar-refractivity contribution in [2.75, 3.05) is 0 Å². The molecule has 0 aromatic carbocycles. The van der Waals surface area contributed by atoms with Crippen molar-refractivity contribution in [3.8, 4) is 0 Å². The molecule has 2 bridgehead atoms. The van der Waals surface area contributed by atoms with Gasteiger partial charge in [-0.1, -0.05) is 0 Å². The molecule has 0 N–H and O–H groups in total. The summed E-state index contributed by atoms with van der Waals surface area (Å²) in [4.78, 5) is 0. The van der Waals surface area contributed by atoms with Crippen molar-refractivity contribution in [2.24, 2.45) is 0 Å². The maximum absolute atomic E-state index is 6.19. The summed E-state index contributed by atoms with van der Waals surface area (Å²) >= 11 is 0. The molecule has 13 heteroatoms. The van der Waals surface area contributed by atoms with Gasteiger partial charge in [0.25, 0.3) is 0 Å². The zero-order chi connectivity index (χ0) is 16.1. The minimum atomic E-state index is -2.36. The molecule has 7 nitrogen and oxygen atoms in total. The Hall–Kier alpha value is 1.02. The van der Waals surface area contributed by atoms with Gasteiger partial charge in [0, 0.05) is 0 Å². The Labute approximate surface area is 134 Å². The Kier molecular flexibility index (Phi) is 5.10. The number of hydrogen-bond donors (Lipinski definition) is 0. The second-order valence-corrected chi connectivity index (χ2v) is 25.8. The first-order valence-electron chi connectivity index (χ1n) is 7.05. The van der Waals surface area contributed by atoms with Gasteiger partial charge in [0.2, 0.25) is 0 Å². The van der Waals surface area contributed by atoms with Crippen LogP contribution in [0.15, 0.2) is 0 Å². The fraction of sp³-hybridized carbons (Fsp3) is 1.00. The largest absolute Gasteiger partial charge is 0.458 e. The number of rotatable bonds is 0. The van der Waals surface area contributed by atoms with Gasteiger partial charge >= 0.3 is 53.3 Å². The van der Waals surface area contributed by atoms with Crippen molar-refractivity contribution >= 4 is 53.3 Å². The molecule has 0 aliphatic carbocycles. The molecule has 0 unspecified atom stereocenters. The van der Waals surface area contributed by atoms with E-state index in [1.54, 1.807) is 0 Å². The van der Waals surface area contributed by atoms with Crippen LogP contribution in [0.3, 0.4) is 0 Å². The van der Waals surface area contributed by atoms with Crippen molar-refractivity contribution in [3.63, 3.8) is 0 Å². The van der Waals surface area contributed by atoms with Crippen LogP contribution in [-0.2, 0) is 28.8 Å². The van der Waals surface area contributed by atoms with Gasteiger partial charge in [0.15, 0.2) is 0 Å². The Bertz CT molecular complexity index is 335. The molecule has 124 valence electrons. The summed E-state index contributed by atoms with van der Waals surface area (Å²) < 4.78 is 42.9. The second kappa shape index (κ2) is 5.83. The molecule has 0 aromatic heterocycles. The Balaban J connectivity index is 2.27. The summed E-state index contributed by atoms with van der Waals surface area (Å²) in [7, 11) is -14.0. The van der Waals surface area contributed by atoms with Gasteiger partial charge < -0.3 is 28.8 Å². The van der Waals surface area contributed by atoms with E-state index in [-0.39, 0.29) is 0 Å². The van der Waals surface area contributed by atoms with Gasteiger partial charge in [-0.05, 0) is 52.4 Å². The zero-order valence-electron chi connectivity index (χ0n) is 14.0. The predicted molar refractivity (Wildman–Crippen MR) is 91.8 cm³/mol. The lowest BCUT2D eigenvalue weighted by atomic mass is 11.9. The van der Waals surface area contributed by atoms with E-state index in [9.17, 15) is 0 Å². The van der Waals surface area contributed by atoms with Gasteiger partial charge in [-0.25, -0.2) is 0 Å². The molecular weight excluding hydrogens is 377 g/mol. The first kappa shape index (κ1) is 18.4. The first-order valence-corrected chi connectivity index (χ1v) is 21.1. The van der Waals surface area contributed by atoms with E-state index < -0.39 is 53.3 Å². The number of hydrogen-bond acceptors (Lipinski definition) is 7. The highest BCUT2D eigenvalue weighted by molar-refractivity contribution is 6.90. The molecule has 0 spiro atoms. The SMILES string of the molecule is C[Si]1(C)O[SiH]2O[SiH](O[Si](C)(C)O1)O[Si](C)(C)O[Si](C)(C)O2. The molecule has 0 atom stereocenters. The average molecular weight is 403 g/mol. The van der Waals surface area contributed by atoms with Crippen LogP contribution >= 0.6 is 0 Å². The molecule has 2 rings (SSSR count). The minimum absolute atomic E-state index is 2.00. The summed E-state index contributed by atoms with van der Waals surface area (Å²) in [5, 5.41) is 0. The van der Waals surface area contributed by atoms with Gasteiger partial charge in [-0.2, -0.15) is 0 Å². The van der Waals surface area contributed by atoms with E-state index in [4.69, 9.17) is 28.8 Å². The third kappa shape index (κ3) is 5.55. The summed E-state index contributed by atoms with van der Waals surface area (Å²) in [6, 6.07) is 0. The molecule has 0 amide bonds. The summed E-state index contributed by atoms with van der Waals surface area (Å²) in [5.74, 6) is 0.